The van der Waals surface area contributed by atoms with Crippen molar-refractivity contribution in [3.8, 4) is 21.3 Å². The summed E-state index contributed by atoms with van der Waals surface area (Å²) >= 11 is 3.04. The summed E-state index contributed by atoms with van der Waals surface area (Å²) < 4.78 is 0. The van der Waals surface area contributed by atoms with E-state index in [4.69, 9.17) is 10.7 Å². The number of hydrogen-bond donors (Lipinski definition) is 1. The van der Waals surface area contributed by atoms with Gasteiger partial charge in [0.05, 0.1) is 22.5 Å². The highest BCUT2D eigenvalue weighted by Gasteiger charge is 2.16. The molecule has 0 saturated heterocycles. The van der Waals surface area contributed by atoms with Crippen LogP contribution in [0.2, 0.25) is 0 Å². The molecule has 0 aliphatic carbocycles. The van der Waals surface area contributed by atoms with Gasteiger partial charge in [0.1, 0.15) is 10.7 Å². The van der Waals surface area contributed by atoms with Gasteiger partial charge in [0.25, 0.3) is 0 Å². The fourth-order valence-electron chi connectivity index (χ4n) is 1.87. The molecule has 0 aliphatic heterocycles. The second kappa shape index (κ2) is 5.64. The van der Waals surface area contributed by atoms with E-state index < -0.39 is 0 Å². The van der Waals surface area contributed by atoms with Crippen molar-refractivity contribution in [3.05, 3.63) is 29.7 Å². The molecule has 0 amide bonds. The van der Waals surface area contributed by atoms with Gasteiger partial charge < -0.3 is 5.73 Å². The Labute approximate surface area is 124 Å². The number of rotatable bonds is 4. The van der Waals surface area contributed by atoms with Gasteiger partial charge in [-0.05, 0) is 6.42 Å². The van der Waals surface area contributed by atoms with Gasteiger partial charge in [-0.3, -0.25) is 9.97 Å². The van der Waals surface area contributed by atoms with E-state index in [0.717, 1.165) is 39.8 Å². The molecule has 0 atom stereocenters. The minimum atomic E-state index is 0.580. The van der Waals surface area contributed by atoms with Gasteiger partial charge in [0.15, 0.2) is 5.13 Å². The van der Waals surface area contributed by atoms with Crippen molar-refractivity contribution < 1.29 is 0 Å². The molecule has 20 heavy (non-hydrogen) atoms. The number of aromatic nitrogens is 4. The second-order valence-electron chi connectivity index (χ2n) is 4.21. The Balaban J connectivity index is 2.07. The lowest BCUT2D eigenvalue weighted by Crippen LogP contribution is -1.89. The van der Waals surface area contributed by atoms with Gasteiger partial charge in [-0.25, -0.2) is 9.97 Å². The third kappa shape index (κ3) is 2.54. The molecule has 3 aromatic heterocycles. The summed E-state index contributed by atoms with van der Waals surface area (Å²) in [6.07, 6.45) is 7.02. The zero-order valence-corrected chi connectivity index (χ0v) is 12.5. The highest BCUT2D eigenvalue weighted by Crippen LogP contribution is 2.36. The van der Waals surface area contributed by atoms with E-state index in [2.05, 4.69) is 21.9 Å². The van der Waals surface area contributed by atoms with Crippen LogP contribution >= 0.6 is 22.7 Å². The van der Waals surface area contributed by atoms with Crippen LogP contribution in [-0.2, 0) is 6.42 Å². The fourth-order valence-corrected chi connectivity index (χ4v) is 3.53. The van der Waals surface area contributed by atoms with Gasteiger partial charge in [0, 0.05) is 17.8 Å². The van der Waals surface area contributed by atoms with E-state index in [0.29, 0.717) is 5.13 Å². The van der Waals surface area contributed by atoms with Crippen molar-refractivity contribution in [1.82, 2.24) is 19.9 Å². The van der Waals surface area contributed by atoms with Gasteiger partial charge >= 0.3 is 0 Å². The van der Waals surface area contributed by atoms with Crippen LogP contribution in [0.1, 0.15) is 19.0 Å². The van der Waals surface area contributed by atoms with E-state index in [9.17, 15) is 0 Å². The van der Waals surface area contributed by atoms with Crippen LogP contribution in [0.3, 0.4) is 0 Å². The number of hydrogen-bond acceptors (Lipinski definition) is 7. The number of thiazole rings is 2. The lowest BCUT2D eigenvalue weighted by Gasteiger charge is -1.95. The summed E-state index contributed by atoms with van der Waals surface area (Å²) in [6, 6.07) is 0. The average Bonchev–Trinajstić information content (AvgIpc) is 3.07. The van der Waals surface area contributed by atoms with E-state index in [1.54, 1.807) is 29.9 Å². The fraction of sp³-hybridized carbons (Fsp3) is 0.231. The summed E-state index contributed by atoms with van der Waals surface area (Å²) in [6.45, 7) is 2.14. The van der Waals surface area contributed by atoms with Crippen LogP contribution in [0.15, 0.2) is 24.0 Å². The minimum absolute atomic E-state index is 0.580. The Kier molecular flexibility index (Phi) is 3.70. The first-order valence-corrected chi connectivity index (χ1v) is 7.95. The standard InChI is InChI=1S/C13H13N5S2/c1-2-3-8-11(10-7-19-13(14)18-10)20-12(17-8)9-6-15-4-5-16-9/h4-7H,2-3H2,1H3,(H2,14,18). The van der Waals surface area contributed by atoms with Crippen molar-refractivity contribution >= 4 is 27.8 Å². The van der Waals surface area contributed by atoms with Gasteiger partial charge in [0.2, 0.25) is 0 Å². The molecule has 0 saturated carbocycles. The Bertz CT molecular complexity index is 705. The maximum absolute atomic E-state index is 5.73. The van der Waals surface area contributed by atoms with Crippen molar-refractivity contribution in [2.45, 2.75) is 19.8 Å². The highest BCUT2D eigenvalue weighted by atomic mass is 32.1. The summed E-state index contributed by atoms with van der Waals surface area (Å²) in [5.74, 6) is 0. The zero-order valence-electron chi connectivity index (χ0n) is 10.9. The van der Waals surface area contributed by atoms with E-state index in [-0.39, 0.29) is 0 Å². The lowest BCUT2D eigenvalue weighted by molar-refractivity contribution is 0.894. The zero-order chi connectivity index (χ0) is 13.9. The first-order valence-electron chi connectivity index (χ1n) is 6.25. The third-order valence-corrected chi connectivity index (χ3v) is 4.54. The molecule has 0 bridgehead atoms. The van der Waals surface area contributed by atoms with Gasteiger partial charge in [-0.1, -0.05) is 13.3 Å². The van der Waals surface area contributed by atoms with Gasteiger partial charge in [-0.2, -0.15) is 0 Å². The number of anilines is 1. The maximum atomic E-state index is 5.73. The summed E-state index contributed by atoms with van der Waals surface area (Å²) in [4.78, 5) is 18.5. The molecule has 0 aliphatic rings. The molecule has 3 aromatic rings. The molecule has 0 unspecified atom stereocenters. The predicted molar refractivity (Wildman–Crippen MR) is 82.7 cm³/mol. The number of aryl methyl sites for hydroxylation is 1. The summed E-state index contributed by atoms with van der Waals surface area (Å²) in [5, 5.41) is 3.43. The van der Waals surface area contributed by atoms with Crippen molar-refractivity contribution in [2.24, 2.45) is 0 Å². The monoisotopic (exact) mass is 303 g/mol. The quantitative estimate of drug-likeness (QED) is 0.800. The van der Waals surface area contributed by atoms with Crippen LogP contribution in [0, 0.1) is 0 Å². The van der Waals surface area contributed by atoms with Crippen LogP contribution in [0.5, 0.6) is 0 Å². The van der Waals surface area contributed by atoms with Crippen LogP contribution in [-0.4, -0.2) is 19.9 Å². The average molecular weight is 303 g/mol. The topological polar surface area (TPSA) is 77.6 Å². The molecule has 3 heterocycles. The molecular weight excluding hydrogens is 290 g/mol. The first kappa shape index (κ1) is 13.1. The Hall–Kier alpha value is -1.86. The van der Waals surface area contributed by atoms with E-state index in [1.165, 1.54) is 11.3 Å². The molecule has 0 spiro atoms. The normalized spacial score (nSPS) is 10.8. The first-order chi connectivity index (χ1) is 9.78. The highest BCUT2D eigenvalue weighted by molar-refractivity contribution is 7.19. The molecule has 102 valence electrons. The Morgan fingerprint density at radius 1 is 1.20 bits per heavy atom. The van der Waals surface area contributed by atoms with Crippen LogP contribution in [0.25, 0.3) is 21.3 Å². The SMILES string of the molecule is CCCc1nc(-c2cnccn2)sc1-c1csc(N)n1. The molecule has 5 nitrogen and oxygen atoms in total. The summed E-state index contributed by atoms with van der Waals surface area (Å²) in [7, 11) is 0. The van der Waals surface area contributed by atoms with E-state index >= 15 is 0 Å². The molecule has 7 heteroatoms. The number of nitrogen functional groups attached to an aromatic ring is 1. The largest absolute Gasteiger partial charge is 0.375 e. The molecule has 3 rings (SSSR count). The second-order valence-corrected chi connectivity index (χ2v) is 6.10. The molecule has 0 fully saturated rings. The summed E-state index contributed by atoms with van der Waals surface area (Å²) in [5.41, 5.74) is 8.49. The maximum Gasteiger partial charge on any atom is 0.180 e. The lowest BCUT2D eigenvalue weighted by atomic mass is 10.2. The minimum Gasteiger partial charge on any atom is -0.375 e. The van der Waals surface area contributed by atoms with Crippen molar-refractivity contribution in [2.75, 3.05) is 5.73 Å². The van der Waals surface area contributed by atoms with Crippen LogP contribution < -0.4 is 5.73 Å². The van der Waals surface area contributed by atoms with Crippen LogP contribution in [0.4, 0.5) is 5.13 Å². The number of nitrogens with zero attached hydrogens (tertiary/aromatic N) is 4. The number of nitrogens with two attached hydrogens (primary N) is 1. The van der Waals surface area contributed by atoms with Crippen molar-refractivity contribution in [3.63, 3.8) is 0 Å². The molecule has 0 radical (unpaired) electrons. The molecule has 2 N–H and O–H groups in total. The third-order valence-electron chi connectivity index (χ3n) is 2.72. The molecular formula is C13H13N5S2. The smallest absolute Gasteiger partial charge is 0.180 e. The predicted octanol–water partition coefficient (Wildman–Crippen LogP) is 3.26. The Morgan fingerprint density at radius 2 is 2.10 bits per heavy atom. The van der Waals surface area contributed by atoms with Gasteiger partial charge in [-0.15, -0.1) is 22.7 Å². The van der Waals surface area contributed by atoms with E-state index in [1.807, 2.05) is 5.38 Å². The van der Waals surface area contributed by atoms with Crippen molar-refractivity contribution in [1.29, 1.82) is 0 Å². The molecule has 0 aromatic carbocycles. The Morgan fingerprint density at radius 3 is 2.75 bits per heavy atom.